The molecule has 1 fully saturated rings. The normalized spacial score (nSPS) is 15.8. The van der Waals surface area contributed by atoms with Gasteiger partial charge in [-0.25, -0.2) is 0 Å². The van der Waals surface area contributed by atoms with Gasteiger partial charge in [0.25, 0.3) is 0 Å². The van der Waals surface area contributed by atoms with Gasteiger partial charge in [-0.05, 0) is 55.9 Å². The number of ether oxygens (including phenoxy) is 2. The maximum atomic E-state index is 5.58. The molecule has 0 spiro atoms. The molecule has 1 aliphatic heterocycles. The molecule has 1 aliphatic rings. The molecule has 26 heavy (non-hydrogen) atoms. The molecule has 130 valence electrons. The van der Waals surface area contributed by atoms with Crippen LogP contribution in [0.15, 0.2) is 66.7 Å². The van der Waals surface area contributed by atoms with Crippen LogP contribution in [0.5, 0.6) is 0 Å². The maximum absolute atomic E-state index is 5.58. The van der Waals surface area contributed by atoms with Crippen molar-refractivity contribution in [1.29, 1.82) is 0 Å². The van der Waals surface area contributed by atoms with Gasteiger partial charge in [0.2, 0.25) is 0 Å². The Morgan fingerprint density at radius 1 is 0.769 bits per heavy atom. The highest BCUT2D eigenvalue weighted by atomic mass is 31.1. The molecule has 0 N–H and O–H groups in total. The smallest absolute Gasteiger partial charge is 0.158 e. The Bertz CT molecular complexity index is 1080. The predicted molar refractivity (Wildman–Crippen MR) is 112 cm³/mol. The molecule has 4 aromatic carbocycles. The average molecular weight is 360 g/mol. The summed E-state index contributed by atoms with van der Waals surface area (Å²) in [5, 5.41) is 9.46. The summed E-state index contributed by atoms with van der Waals surface area (Å²) in [4.78, 5) is 0. The van der Waals surface area contributed by atoms with Crippen LogP contribution in [0.2, 0.25) is 0 Å². The highest BCUT2D eigenvalue weighted by Crippen LogP contribution is 2.31. The minimum Gasteiger partial charge on any atom is -0.350 e. The molecule has 0 aliphatic carbocycles. The molecule has 0 radical (unpaired) electrons. The summed E-state index contributed by atoms with van der Waals surface area (Å²) < 4.78 is 11.2. The topological polar surface area (TPSA) is 18.5 Å². The van der Waals surface area contributed by atoms with Crippen molar-refractivity contribution in [3.8, 4) is 0 Å². The zero-order chi connectivity index (χ0) is 17.3. The Labute approximate surface area is 154 Å². The molecule has 3 heteroatoms. The molecule has 5 rings (SSSR count). The molecular formula is C23H21O2P. The number of hydrogen-bond acceptors (Lipinski definition) is 2. The third-order valence-electron chi connectivity index (χ3n) is 5.11. The van der Waals surface area contributed by atoms with Crippen LogP contribution in [0.3, 0.4) is 0 Å². The quantitative estimate of drug-likeness (QED) is 0.282. The van der Waals surface area contributed by atoms with Crippen molar-refractivity contribution in [2.24, 2.45) is 0 Å². The van der Waals surface area contributed by atoms with Gasteiger partial charge < -0.3 is 9.47 Å². The van der Waals surface area contributed by atoms with Gasteiger partial charge in [-0.1, -0.05) is 63.2 Å². The van der Waals surface area contributed by atoms with Crippen molar-refractivity contribution < 1.29 is 9.47 Å². The molecule has 0 bridgehead atoms. The van der Waals surface area contributed by atoms with Crippen LogP contribution in [0.4, 0.5) is 0 Å². The predicted octanol–water partition coefficient (Wildman–Crippen LogP) is 5.21. The second-order valence-electron chi connectivity index (χ2n) is 6.78. The van der Waals surface area contributed by atoms with E-state index in [-0.39, 0.29) is 6.29 Å². The SMILES string of the molecule is c1ccc2cc3c(ccc4cccc(PCCC5OCCO5)c43)cc2c1. The van der Waals surface area contributed by atoms with E-state index in [9.17, 15) is 0 Å². The lowest BCUT2D eigenvalue weighted by Crippen LogP contribution is -2.09. The van der Waals surface area contributed by atoms with Gasteiger partial charge in [-0.3, -0.25) is 0 Å². The van der Waals surface area contributed by atoms with Gasteiger partial charge in [0.1, 0.15) is 0 Å². The van der Waals surface area contributed by atoms with Crippen LogP contribution in [-0.4, -0.2) is 25.7 Å². The van der Waals surface area contributed by atoms with Crippen LogP contribution >= 0.6 is 8.58 Å². The number of hydrogen-bond donors (Lipinski definition) is 0. The first-order chi connectivity index (χ1) is 12.9. The maximum Gasteiger partial charge on any atom is 0.158 e. The molecule has 0 amide bonds. The van der Waals surface area contributed by atoms with Gasteiger partial charge in [-0.2, -0.15) is 0 Å². The first-order valence-corrected chi connectivity index (χ1v) is 10.4. The van der Waals surface area contributed by atoms with Crippen molar-refractivity contribution in [2.75, 3.05) is 19.4 Å². The summed E-state index contributed by atoms with van der Waals surface area (Å²) in [7, 11) is 0.765. The molecule has 1 heterocycles. The zero-order valence-electron chi connectivity index (χ0n) is 14.6. The van der Waals surface area contributed by atoms with Crippen LogP contribution in [0.25, 0.3) is 32.3 Å². The monoisotopic (exact) mass is 360 g/mol. The van der Waals surface area contributed by atoms with Crippen LogP contribution in [-0.2, 0) is 9.47 Å². The van der Waals surface area contributed by atoms with E-state index in [1.54, 1.807) is 0 Å². The van der Waals surface area contributed by atoms with Gasteiger partial charge in [0.05, 0.1) is 13.2 Å². The second kappa shape index (κ2) is 6.96. The highest BCUT2D eigenvalue weighted by molar-refractivity contribution is 7.47. The number of fused-ring (bicyclic) bond motifs is 4. The highest BCUT2D eigenvalue weighted by Gasteiger charge is 2.15. The second-order valence-corrected chi connectivity index (χ2v) is 8.17. The van der Waals surface area contributed by atoms with Crippen molar-refractivity contribution in [2.45, 2.75) is 12.7 Å². The lowest BCUT2D eigenvalue weighted by Gasteiger charge is -2.13. The van der Waals surface area contributed by atoms with Crippen LogP contribution in [0, 0.1) is 0 Å². The summed E-state index contributed by atoms with van der Waals surface area (Å²) in [5.74, 6) is 0. The fraction of sp³-hybridized carbons (Fsp3) is 0.217. The average Bonchev–Trinajstić information content (AvgIpc) is 3.20. The third kappa shape index (κ3) is 2.99. The lowest BCUT2D eigenvalue weighted by molar-refractivity contribution is -0.0422. The number of rotatable bonds is 4. The minimum atomic E-state index is -0.00170. The molecule has 1 atom stereocenters. The minimum absolute atomic E-state index is 0.00170. The first kappa shape index (κ1) is 16.2. The number of benzene rings is 4. The first-order valence-electron chi connectivity index (χ1n) is 9.20. The summed E-state index contributed by atoms with van der Waals surface area (Å²) >= 11 is 0. The molecule has 0 saturated carbocycles. The Morgan fingerprint density at radius 2 is 1.50 bits per heavy atom. The van der Waals surface area contributed by atoms with E-state index in [4.69, 9.17) is 9.47 Å². The van der Waals surface area contributed by atoms with E-state index in [0.717, 1.165) is 34.4 Å². The van der Waals surface area contributed by atoms with Crippen molar-refractivity contribution in [3.63, 3.8) is 0 Å². The van der Waals surface area contributed by atoms with Crippen molar-refractivity contribution >= 4 is 46.2 Å². The Kier molecular flexibility index (Phi) is 4.34. The zero-order valence-corrected chi connectivity index (χ0v) is 15.6. The van der Waals surface area contributed by atoms with Crippen LogP contribution in [0.1, 0.15) is 6.42 Å². The van der Waals surface area contributed by atoms with E-state index in [1.807, 2.05) is 0 Å². The van der Waals surface area contributed by atoms with E-state index in [1.165, 1.54) is 37.6 Å². The van der Waals surface area contributed by atoms with E-state index in [0.29, 0.717) is 0 Å². The standard InChI is InChI=1S/C23H21O2P/c1-2-5-18-15-20-19(14-17(18)4-1)9-8-16-6-3-7-21(23(16)20)26-13-10-22-24-11-12-25-22/h1-9,14-15,22,26H,10-13H2. The molecule has 4 aromatic rings. The molecule has 1 unspecified atom stereocenters. The molecule has 1 saturated heterocycles. The van der Waals surface area contributed by atoms with Gasteiger partial charge in [0.15, 0.2) is 6.29 Å². The van der Waals surface area contributed by atoms with E-state index in [2.05, 4.69) is 66.7 Å². The Morgan fingerprint density at radius 3 is 2.35 bits per heavy atom. The lowest BCUT2D eigenvalue weighted by atomic mass is 9.98. The van der Waals surface area contributed by atoms with Gasteiger partial charge >= 0.3 is 0 Å². The molecule has 2 nitrogen and oxygen atoms in total. The van der Waals surface area contributed by atoms with Crippen LogP contribution < -0.4 is 5.30 Å². The largest absolute Gasteiger partial charge is 0.350 e. The van der Waals surface area contributed by atoms with Crippen molar-refractivity contribution in [3.05, 3.63) is 66.7 Å². The summed E-state index contributed by atoms with van der Waals surface area (Å²) in [6.07, 6.45) is 2.08. The van der Waals surface area contributed by atoms with Gasteiger partial charge in [-0.15, -0.1) is 0 Å². The fourth-order valence-electron chi connectivity index (χ4n) is 3.85. The van der Waals surface area contributed by atoms with E-state index >= 15 is 0 Å². The fourth-order valence-corrected chi connectivity index (χ4v) is 5.17. The summed E-state index contributed by atoms with van der Waals surface area (Å²) in [6.45, 7) is 1.47. The van der Waals surface area contributed by atoms with Crippen molar-refractivity contribution in [1.82, 2.24) is 0 Å². The van der Waals surface area contributed by atoms with E-state index < -0.39 is 0 Å². The summed E-state index contributed by atoms with van der Waals surface area (Å²) in [6, 6.07) is 24.5. The molecule has 0 aromatic heterocycles. The Hall–Kier alpha value is -1.99. The summed E-state index contributed by atoms with van der Waals surface area (Å²) in [5.41, 5.74) is 0. The van der Waals surface area contributed by atoms with Gasteiger partial charge in [0, 0.05) is 6.42 Å². The Balaban J connectivity index is 1.58. The third-order valence-corrected chi connectivity index (χ3v) is 6.45. The molecular weight excluding hydrogens is 339 g/mol.